The summed E-state index contributed by atoms with van der Waals surface area (Å²) in [6, 6.07) is 5.94. The molecule has 5 rings (SSSR count). The predicted molar refractivity (Wildman–Crippen MR) is 135 cm³/mol. The first-order valence-corrected chi connectivity index (χ1v) is 13.2. The number of nitrogens with one attached hydrogen (secondary N) is 1. The Hall–Kier alpha value is -2.92. The predicted octanol–water partition coefficient (Wildman–Crippen LogP) is 5.53. The van der Waals surface area contributed by atoms with Crippen LogP contribution in [0, 0.1) is 41.4 Å². The van der Waals surface area contributed by atoms with Gasteiger partial charge in [0, 0.05) is 22.9 Å². The molecule has 2 N–H and O–H groups in total. The Labute approximate surface area is 210 Å². The summed E-state index contributed by atoms with van der Waals surface area (Å²) < 4.78 is 0. The number of carbonyl (C=O) groups is 1. The largest absolute Gasteiger partial charge is 0.507 e. The van der Waals surface area contributed by atoms with Gasteiger partial charge in [0.05, 0.1) is 11.3 Å². The smallest absolute Gasteiger partial charge is 0.226 e. The first kappa shape index (κ1) is 23.8. The third-order valence-corrected chi connectivity index (χ3v) is 9.52. The molecule has 3 unspecified atom stereocenters. The van der Waals surface area contributed by atoms with Gasteiger partial charge in [0.15, 0.2) is 5.13 Å². The van der Waals surface area contributed by atoms with Crippen molar-refractivity contribution in [3.05, 3.63) is 39.9 Å². The third-order valence-electron chi connectivity index (χ3n) is 8.69. The second-order valence-corrected chi connectivity index (χ2v) is 11.7. The molecule has 0 aliphatic heterocycles. The summed E-state index contributed by atoms with van der Waals surface area (Å²) in [7, 11) is 1.61. The van der Waals surface area contributed by atoms with Gasteiger partial charge in [0.2, 0.25) is 5.91 Å². The van der Waals surface area contributed by atoms with Crippen LogP contribution < -0.4 is 5.32 Å². The van der Waals surface area contributed by atoms with E-state index in [2.05, 4.69) is 28.4 Å². The number of hydrogen-bond donors (Lipinski definition) is 2. The van der Waals surface area contributed by atoms with Crippen molar-refractivity contribution >= 4 is 28.1 Å². The first-order valence-electron chi connectivity index (χ1n) is 12.4. The van der Waals surface area contributed by atoms with Crippen LogP contribution in [0.4, 0.5) is 5.13 Å². The zero-order chi connectivity index (χ0) is 24.7. The van der Waals surface area contributed by atoms with Crippen molar-refractivity contribution in [1.82, 2.24) is 4.98 Å². The molecule has 2 saturated carbocycles. The van der Waals surface area contributed by atoms with Crippen LogP contribution in [0.3, 0.4) is 0 Å². The minimum atomic E-state index is -0.0444. The van der Waals surface area contributed by atoms with Crippen LogP contribution >= 0.6 is 11.3 Å². The Kier molecular flexibility index (Phi) is 6.30. The lowest BCUT2D eigenvalue weighted by Gasteiger charge is -2.50. The van der Waals surface area contributed by atoms with Gasteiger partial charge in [-0.15, -0.1) is 11.3 Å². The van der Waals surface area contributed by atoms with Gasteiger partial charge in [-0.25, -0.2) is 4.98 Å². The first-order chi connectivity index (χ1) is 16.9. The van der Waals surface area contributed by atoms with Gasteiger partial charge in [-0.1, -0.05) is 18.1 Å². The molecule has 1 amide bonds. The molecule has 1 aromatic carbocycles. The highest BCUT2D eigenvalue weighted by Gasteiger charge is 2.57. The minimum absolute atomic E-state index is 0.00803. The Morgan fingerprint density at radius 3 is 2.97 bits per heavy atom. The maximum Gasteiger partial charge on any atom is 0.226 e. The monoisotopic (exact) mass is 492 g/mol. The average molecular weight is 493 g/mol. The number of phenolic OH excluding ortho intramolecular Hbond substituents is 1. The molecule has 1 heterocycles. The molecule has 1 aromatic heterocycles. The fraction of sp³-hybridized carbons (Fsp3) is 0.556. The quantitative estimate of drug-likeness (QED) is 0.534. The van der Waals surface area contributed by atoms with E-state index in [1.165, 1.54) is 16.9 Å². The summed E-state index contributed by atoms with van der Waals surface area (Å²) in [5, 5.41) is 28.0. The topological polar surface area (TPSA) is 108 Å². The lowest BCUT2D eigenvalue weighted by Crippen LogP contribution is -2.44. The Balaban J connectivity index is 1.40. The standard InChI is InChI=1S/C27H32N4O3S/c1-15-14-29-26(35-15)30-24(33)9-4-16-12-23(31-34-3)27(2)11-10-19-17-7-8-22(32)21(13-28)18(17)5-6-20(19)25(16)27/h7-8,14,16,19-20,25,32H,4-6,9-12H2,1-3H3,(H,29,30,33)/b31-23+/t16-,19?,20?,25?,27-/m1/s1. The molecule has 8 heteroatoms. The van der Waals surface area contributed by atoms with Crippen LogP contribution in [0.25, 0.3) is 0 Å². The van der Waals surface area contributed by atoms with Crippen molar-refractivity contribution in [2.45, 2.75) is 64.7 Å². The molecule has 2 fully saturated rings. The highest BCUT2D eigenvalue weighted by atomic mass is 32.1. The van der Waals surface area contributed by atoms with Crippen molar-refractivity contribution in [2.24, 2.45) is 28.3 Å². The number of anilines is 1. The number of aromatic hydroxyl groups is 1. The SMILES string of the molecule is CO/N=C1\C[C@@H](CCC(=O)Nc2ncc(C)s2)C2C3CCc4c(ccc(O)c4C#N)C3CC[C@]12C. The molecule has 0 saturated heterocycles. The maximum absolute atomic E-state index is 12.7. The van der Waals surface area contributed by atoms with E-state index in [9.17, 15) is 15.2 Å². The minimum Gasteiger partial charge on any atom is -0.507 e. The molecule has 7 nitrogen and oxygen atoms in total. The van der Waals surface area contributed by atoms with Gasteiger partial charge >= 0.3 is 0 Å². The molecular weight excluding hydrogens is 460 g/mol. The molecule has 2 aromatic rings. The molecule has 35 heavy (non-hydrogen) atoms. The van der Waals surface area contributed by atoms with Gasteiger partial charge in [-0.2, -0.15) is 5.26 Å². The number of fused-ring (bicyclic) bond motifs is 5. The molecule has 3 aliphatic rings. The normalized spacial score (nSPS) is 30.2. The van der Waals surface area contributed by atoms with E-state index in [0.717, 1.165) is 54.7 Å². The van der Waals surface area contributed by atoms with Crippen LogP contribution in [0.5, 0.6) is 5.75 Å². The van der Waals surface area contributed by atoms with Crippen molar-refractivity contribution < 1.29 is 14.7 Å². The molecule has 3 aliphatic carbocycles. The Morgan fingerprint density at radius 2 is 2.26 bits per heavy atom. The highest BCUT2D eigenvalue weighted by molar-refractivity contribution is 7.15. The number of aryl methyl sites for hydroxylation is 1. The number of phenols is 1. The number of oxime groups is 1. The van der Waals surface area contributed by atoms with Crippen LogP contribution in [0.1, 0.15) is 72.9 Å². The van der Waals surface area contributed by atoms with Crippen molar-refractivity contribution in [3.8, 4) is 11.8 Å². The summed E-state index contributed by atoms with van der Waals surface area (Å²) in [5.41, 5.74) is 3.77. The molecular formula is C27H32N4O3S. The number of amides is 1. The highest BCUT2D eigenvalue weighted by Crippen LogP contribution is 2.62. The molecule has 0 bridgehead atoms. The van der Waals surface area contributed by atoms with Gasteiger partial charge in [0.1, 0.15) is 18.9 Å². The van der Waals surface area contributed by atoms with Crippen LogP contribution in [-0.2, 0) is 16.1 Å². The fourth-order valence-corrected chi connectivity index (χ4v) is 7.97. The van der Waals surface area contributed by atoms with Gasteiger partial charge in [-0.3, -0.25) is 4.79 Å². The van der Waals surface area contributed by atoms with Crippen LogP contribution in [0.15, 0.2) is 23.5 Å². The van der Waals surface area contributed by atoms with E-state index in [1.807, 2.05) is 13.0 Å². The van der Waals surface area contributed by atoms with Crippen LogP contribution in [-0.4, -0.2) is 28.8 Å². The summed E-state index contributed by atoms with van der Waals surface area (Å²) >= 11 is 1.49. The van der Waals surface area contributed by atoms with Gasteiger partial charge < -0.3 is 15.3 Å². The number of rotatable bonds is 5. The lowest BCUT2D eigenvalue weighted by atomic mass is 9.53. The van der Waals surface area contributed by atoms with Crippen molar-refractivity contribution in [2.75, 3.05) is 12.4 Å². The Bertz CT molecular complexity index is 1220. The zero-order valence-electron chi connectivity index (χ0n) is 20.5. The average Bonchev–Trinajstić information content (AvgIpc) is 3.37. The van der Waals surface area contributed by atoms with Gasteiger partial charge in [0.25, 0.3) is 0 Å². The number of nitrogens with zero attached hydrogens (tertiary/aromatic N) is 3. The molecule has 5 atom stereocenters. The van der Waals surface area contributed by atoms with Crippen molar-refractivity contribution in [1.29, 1.82) is 5.26 Å². The number of carbonyl (C=O) groups excluding carboxylic acids is 1. The zero-order valence-corrected chi connectivity index (χ0v) is 21.3. The van der Waals surface area contributed by atoms with E-state index in [0.29, 0.717) is 40.8 Å². The summed E-state index contributed by atoms with van der Waals surface area (Å²) in [6.45, 7) is 4.31. The Morgan fingerprint density at radius 1 is 1.43 bits per heavy atom. The van der Waals surface area contributed by atoms with E-state index < -0.39 is 0 Å². The lowest BCUT2D eigenvalue weighted by molar-refractivity contribution is -0.116. The molecule has 0 radical (unpaired) electrons. The van der Waals surface area contributed by atoms with E-state index in [1.54, 1.807) is 19.4 Å². The summed E-state index contributed by atoms with van der Waals surface area (Å²) in [6.07, 6.45) is 7.70. The summed E-state index contributed by atoms with van der Waals surface area (Å²) in [4.78, 5) is 23.3. The fourth-order valence-electron chi connectivity index (χ4n) is 7.29. The molecule has 184 valence electrons. The van der Waals surface area contributed by atoms with Gasteiger partial charge in [-0.05, 0) is 86.3 Å². The number of thiazole rings is 1. The van der Waals surface area contributed by atoms with E-state index >= 15 is 0 Å². The van der Waals surface area contributed by atoms with Crippen molar-refractivity contribution in [3.63, 3.8) is 0 Å². The number of hydrogen-bond acceptors (Lipinski definition) is 7. The third kappa shape index (κ3) is 4.10. The second kappa shape index (κ2) is 9.27. The summed E-state index contributed by atoms with van der Waals surface area (Å²) in [5.74, 6) is 1.66. The number of benzene rings is 1. The molecule has 0 spiro atoms. The van der Waals surface area contributed by atoms with Crippen LogP contribution in [0.2, 0.25) is 0 Å². The number of nitriles is 1. The second-order valence-electron chi connectivity index (χ2n) is 10.5. The van der Waals surface area contributed by atoms with E-state index in [-0.39, 0.29) is 17.1 Å². The number of aromatic nitrogens is 1. The van der Waals surface area contributed by atoms with E-state index in [4.69, 9.17) is 4.84 Å². The maximum atomic E-state index is 12.7.